The van der Waals surface area contributed by atoms with Crippen LogP contribution in [0, 0.1) is 20.8 Å². The summed E-state index contributed by atoms with van der Waals surface area (Å²) in [5.74, 6) is -0.785. The van der Waals surface area contributed by atoms with Gasteiger partial charge < -0.3 is 5.11 Å². The molecule has 0 fully saturated rings. The van der Waals surface area contributed by atoms with Crippen LogP contribution in [-0.2, 0) is 4.79 Å². The first-order valence-electron chi connectivity index (χ1n) is 5.96. The zero-order chi connectivity index (χ0) is 14.0. The lowest BCUT2D eigenvalue weighted by Crippen LogP contribution is -2.04. The molecule has 1 N–H and O–H groups in total. The third-order valence-electron chi connectivity index (χ3n) is 2.72. The number of rotatable bonds is 4. The third kappa shape index (κ3) is 3.17. The van der Waals surface area contributed by atoms with Gasteiger partial charge in [0, 0.05) is 0 Å². The van der Waals surface area contributed by atoms with Gasteiger partial charge in [0.1, 0.15) is 5.03 Å². The number of benzene rings is 1. The number of carboxylic acids is 1. The van der Waals surface area contributed by atoms with Crippen LogP contribution in [0.2, 0.25) is 0 Å². The summed E-state index contributed by atoms with van der Waals surface area (Å²) in [4.78, 5) is 10.7. The molecule has 1 aromatic carbocycles. The number of nitrogens with zero attached hydrogens (tertiary/aromatic N) is 2. The second kappa shape index (κ2) is 5.48. The minimum atomic E-state index is -0.823. The largest absolute Gasteiger partial charge is 0.481 e. The Kier molecular flexibility index (Phi) is 3.95. The van der Waals surface area contributed by atoms with Gasteiger partial charge in [-0.3, -0.25) is 4.79 Å². The van der Waals surface area contributed by atoms with Crippen LogP contribution in [0.3, 0.4) is 0 Å². The number of aromatic nitrogens is 2. The highest BCUT2D eigenvalue weighted by Crippen LogP contribution is 2.25. The average molecular weight is 276 g/mol. The smallest absolute Gasteiger partial charge is 0.313 e. The van der Waals surface area contributed by atoms with Crippen molar-refractivity contribution in [1.29, 1.82) is 0 Å². The summed E-state index contributed by atoms with van der Waals surface area (Å²) < 4.78 is 1.82. The Balaban J connectivity index is 2.40. The van der Waals surface area contributed by atoms with Crippen molar-refractivity contribution >= 4 is 17.7 Å². The first kappa shape index (κ1) is 13.7. The Morgan fingerprint density at radius 3 is 2.68 bits per heavy atom. The second-order valence-corrected chi connectivity index (χ2v) is 5.50. The van der Waals surface area contributed by atoms with Gasteiger partial charge in [-0.15, -0.1) is 0 Å². The molecular weight excluding hydrogens is 260 g/mol. The van der Waals surface area contributed by atoms with Crippen molar-refractivity contribution in [2.45, 2.75) is 25.8 Å². The molecule has 5 heteroatoms. The molecular formula is C14H16N2O2S. The van der Waals surface area contributed by atoms with Gasteiger partial charge >= 0.3 is 5.97 Å². The SMILES string of the molecule is Cc1ccc(-n2nc(C)cc2SCC(=O)O)c(C)c1. The number of hydrogen-bond donors (Lipinski definition) is 1. The van der Waals surface area contributed by atoms with Crippen LogP contribution in [0.25, 0.3) is 5.69 Å². The highest BCUT2D eigenvalue weighted by molar-refractivity contribution is 7.99. The van der Waals surface area contributed by atoms with Gasteiger partial charge in [-0.25, -0.2) is 4.68 Å². The molecule has 0 radical (unpaired) electrons. The summed E-state index contributed by atoms with van der Waals surface area (Å²) in [6, 6.07) is 8.05. The van der Waals surface area contributed by atoms with E-state index in [0.717, 1.165) is 22.0 Å². The topological polar surface area (TPSA) is 55.1 Å². The van der Waals surface area contributed by atoms with Crippen molar-refractivity contribution in [3.63, 3.8) is 0 Å². The van der Waals surface area contributed by atoms with Crippen molar-refractivity contribution in [2.75, 3.05) is 5.75 Å². The van der Waals surface area contributed by atoms with E-state index >= 15 is 0 Å². The Morgan fingerprint density at radius 1 is 1.32 bits per heavy atom. The van der Waals surface area contributed by atoms with Gasteiger partial charge in [0.25, 0.3) is 0 Å². The lowest BCUT2D eigenvalue weighted by Gasteiger charge is -2.10. The van der Waals surface area contributed by atoms with Gasteiger partial charge in [-0.1, -0.05) is 29.5 Å². The molecule has 0 saturated carbocycles. The number of hydrogen-bond acceptors (Lipinski definition) is 3. The molecule has 1 heterocycles. The molecule has 100 valence electrons. The van der Waals surface area contributed by atoms with E-state index in [1.165, 1.54) is 17.3 Å². The molecule has 0 amide bonds. The number of aliphatic carboxylic acids is 1. The summed E-state index contributed by atoms with van der Waals surface area (Å²) in [7, 11) is 0. The molecule has 0 atom stereocenters. The van der Waals surface area contributed by atoms with E-state index in [1.54, 1.807) is 0 Å². The van der Waals surface area contributed by atoms with Crippen molar-refractivity contribution in [2.24, 2.45) is 0 Å². The van der Waals surface area contributed by atoms with Crippen LogP contribution < -0.4 is 0 Å². The summed E-state index contributed by atoms with van der Waals surface area (Å²) >= 11 is 1.28. The molecule has 0 bridgehead atoms. The predicted octanol–water partition coefficient (Wildman–Crippen LogP) is 2.97. The molecule has 1 aromatic heterocycles. The lowest BCUT2D eigenvalue weighted by molar-refractivity contribution is -0.133. The van der Waals surface area contributed by atoms with E-state index in [1.807, 2.05) is 43.7 Å². The quantitative estimate of drug-likeness (QED) is 0.872. The zero-order valence-corrected chi connectivity index (χ0v) is 12.0. The molecule has 0 aliphatic rings. The van der Waals surface area contributed by atoms with Crippen LogP contribution in [0.15, 0.2) is 29.3 Å². The second-order valence-electron chi connectivity index (χ2n) is 4.51. The van der Waals surface area contributed by atoms with E-state index in [0.29, 0.717) is 0 Å². The van der Waals surface area contributed by atoms with Crippen molar-refractivity contribution in [3.05, 3.63) is 41.1 Å². The molecule has 0 aliphatic heterocycles. The lowest BCUT2D eigenvalue weighted by atomic mass is 10.1. The molecule has 0 unspecified atom stereocenters. The zero-order valence-electron chi connectivity index (χ0n) is 11.2. The maximum absolute atomic E-state index is 10.7. The molecule has 19 heavy (non-hydrogen) atoms. The van der Waals surface area contributed by atoms with Crippen LogP contribution in [0.5, 0.6) is 0 Å². The fourth-order valence-corrected chi connectivity index (χ4v) is 2.72. The molecule has 2 aromatic rings. The summed E-state index contributed by atoms with van der Waals surface area (Å²) in [6.45, 7) is 5.99. The number of carbonyl (C=O) groups is 1. The van der Waals surface area contributed by atoms with Gasteiger partial charge in [-0.05, 0) is 38.5 Å². The minimum Gasteiger partial charge on any atom is -0.481 e. The van der Waals surface area contributed by atoms with E-state index in [4.69, 9.17) is 5.11 Å². The number of aryl methyl sites for hydroxylation is 3. The first-order chi connectivity index (χ1) is 8.97. The Labute approximate surface area is 116 Å². The minimum absolute atomic E-state index is 0.0377. The van der Waals surface area contributed by atoms with Crippen LogP contribution >= 0.6 is 11.8 Å². The Hall–Kier alpha value is -1.75. The van der Waals surface area contributed by atoms with Gasteiger partial charge in [0.05, 0.1) is 17.1 Å². The Morgan fingerprint density at radius 2 is 2.05 bits per heavy atom. The molecule has 0 spiro atoms. The van der Waals surface area contributed by atoms with E-state index in [-0.39, 0.29) is 5.75 Å². The average Bonchev–Trinajstić information content (AvgIpc) is 2.67. The monoisotopic (exact) mass is 276 g/mol. The highest BCUT2D eigenvalue weighted by Gasteiger charge is 2.11. The molecule has 4 nitrogen and oxygen atoms in total. The summed E-state index contributed by atoms with van der Waals surface area (Å²) in [5, 5.41) is 14.1. The number of carboxylic acid groups (broad SMARTS) is 1. The maximum atomic E-state index is 10.7. The fourth-order valence-electron chi connectivity index (χ4n) is 1.93. The third-order valence-corrected chi connectivity index (χ3v) is 3.70. The summed E-state index contributed by atoms with van der Waals surface area (Å²) in [5.41, 5.74) is 4.20. The van der Waals surface area contributed by atoms with Gasteiger partial charge in [0.2, 0.25) is 0 Å². The van der Waals surface area contributed by atoms with Crippen LogP contribution in [-0.4, -0.2) is 26.6 Å². The van der Waals surface area contributed by atoms with Gasteiger partial charge in [-0.2, -0.15) is 5.10 Å². The summed E-state index contributed by atoms with van der Waals surface area (Å²) in [6.07, 6.45) is 0. The normalized spacial score (nSPS) is 10.7. The van der Waals surface area contributed by atoms with Crippen molar-refractivity contribution < 1.29 is 9.90 Å². The van der Waals surface area contributed by atoms with Gasteiger partial charge in [0.15, 0.2) is 0 Å². The van der Waals surface area contributed by atoms with Crippen LogP contribution in [0.1, 0.15) is 16.8 Å². The number of thioether (sulfide) groups is 1. The Bertz CT molecular complexity index is 620. The van der Waals surface area contributed by atoms with Crippen molar-refractivity contribution in [3.8, 4) is 5.69 Å². The molecule has 2 rings (SSSR count). The fraction of sp³-hybridized carbons (Fsp3) is 0.286. The standard InChI is InChI=1S/C14H16N2O2S/c1-9-4-5-12(10(2)6-9)16-13(7-11(3)15-16)19-8-14(17)18/h4-7H,8H2,1-3H3,(H,17,18). The molecule has 0 aliphatic carbocycles. The van der Waals surface area contributed by atoms with Crippen molar-refractivity contribution in [1.82, 2.24) is 9.78 Å². The highest BCUT2D eigenvalue weighted by atomic mass is 32.2. The maximum Gasteiger partial charge on any atom is 0.313 e. The predicted molar refractivity (Wildman–Crippen MR) is 76.1 cm³/mol. The first-order valence-corrected chi connectivity index (χ1v) is 6.95. The van der Waals surface area contributed by atoms with Crippen LogP contribution in [0.4, 0.5) is 0 Å². The molecule has 0 saturated heterocycles. The van der Waals surface area contributed by atoms with E-state index in [9.17, 15) is 4.79 Å². The van der Waals surface area contributed by atoms with E-state index in [2.05, 4.69) is 11.2 Å². The van der Waals surface area contributed by atoms with E-state index < -0.39 is 5.97 Å².